The maximum atomic E-state index is 13.9. The van der Waals surface area contributed by atoms with Gasteiger partial charge in [-0.15, -0.1) is 0 Å². The van der Waals surface area contributed by atoms with E-state index in [4.69, 9.17) is 10.5 Å². The first-order valence-corrected chi connectivity index (χ1v) is 21.7. The number of likely N-dealkylation sites (N-methyl/N-ethyl adjacent to an activating group) is 2. The smallest absolute Gasteiger partial charge is 0.200 e. The van der Waals surface area contributed by atoms with E-state index in [0.717, 1.165) is 89.6 Å². The van der Waals surface area contributed by atoms with Crippen molar-refractivity contribution in [2.24, 2.45) is 0 Å². The third-order valence-electron chi connectivity index (χ3n) is 15.3. The second kappa shape index (κ2) is 14.2. The van der Waals surface area contributed by atoms with Gasteiger partial charge in [-0.25, -0.2) is 9.78 Å². The zero-order valence-corrected chi connectivity index (χ0v) is 38.7. The summed E-state index contributed by atoms with van der Waals surface area (Å²) in [4.78, 5) is 40.7. The number of aliphatic hydroxyl groups is 2. The quantitative estimate of drug-likeness (QED) is 0.0983. The van der Waals surface area contributed by atoms with E-state index in [1.165, 1.54) is 0 Å². The van der Waals surface area contributed by atoms with Crippen molar-refractivity contribution in [2.75, 3.05) is 23.9 Å². The van der Waals surface area contributed by atoms with E-state index in [1.54, 1.807) is 0 Å². The predicted octanol–water partition coefficient (Wildman–Crippen LogP) is 11.1. The molecular weight excluding hydrogens is 805 g/mol. The monoisotopic (exact) mass is 860 g/mol. The average molecular weight is 861 g/mol. The lowest BCUT2D eigenvalue weighted by Gasteiger charge is -2.29. The highest BCUT2D eigenvalue weighted by atomic mass is 17.1. The van der Waals surface area contributed by atoms with Crippen LogP contribution in [0.1, 0.15) is 114 Å². The number of carbonyl (C=O) groups is 2. The molecule has 10 heteroatoms. The summed E-state index contributed by atoms with van der Waals surface area (Å²) in [6.45, 7) is 21.1. The molecule has 4 aliphatic carbocycles. The molecule has 2 heterocycles. The molecule has 0 fully saturated rings. The van der Waals surface area contributed by atoms with Crippen LogP contribution >= 0.6 is 0 Å². The van der Waals surface area contributed by atoms with Gasteiger partial charge >= 0.3 is 0 Å². The van der Waals surface area contributed by atoms with E-state index in [1.807, 2.05) is 88.6 Å². The highest BCUT2D eigenvalue weighted by molar-refractivity contribution is 6.22. The Kier molecular flexibility index (Phi) is 9.61. The number of carbonyl (C=O) groups excluding carboxylic acids is 2. The Hall–Kier alpha value is -6.04. The van der Waals surface area contributed by atoms with Crippen LogP contribution in [0.3, 0.4) is 0 Å². The molecule has 10 nitrogen and oxygen atoms in total. The third kappa shape index (κ3) is 5.85. The summed E-state index contributed by atoms with van der Waals surface area (Å²) in [5, 5.41) is 41.0. The highest BCUT2D eigenvalue weighted by Gasteiger charge is 2.48. The van der Waals surface area contributed by atoms with Crippen molar-refractivity contribution in [3.05, 3.63) is 174 Å². The second-order valence-electron chi connectivity index (χ2n) is 20.2. The topological polar surface area (TPSA) is 140 Å². The van der Waals surface area contributed by atoms with E-state index in [-0.39, 0.29) is 58.6 Å². The first kappa shape index (κ1) is 43.2. The number of rotatable bonds is 8. The zero-order chi connectivity index (χ0) is 46.3. The lowest BCUT2D eigenvalue weighted by molar-refractivity contribution is -0.253. The molecule has 0 spiro atoms. The second-order valence-corrected chi connectivity index (χ2v) is 20.2. The molecule has 0 aromatic heterocycles. The minimum Gasteiger partial charge on any atom is -0.506 e. The number of fused-ring (bicyclic) bond motifs is 4. The van der Waals surface area contributed by atoms with Gasteiger partial charge in [-0.3, -0.25) is 20.1 Å². The van der Waals surface area contributed by atoms with Crippen LogP contribution in [0.2, 0.25) is 0 Å². The van der Waals surface area contributed by atoms with Gasteiger partial charge in [-0.05, 0) is 117 Å². The molecule has 0 radical (unpaired) electrons. The maximum absolute atomic E-state index is 13.9. The van der Waals surface area contributed by atoms with Crippen molar-refractivity contribution in [1.82, 2.24) is 0 Å². The summed E-state index contributed by atoms with van der Waals surface area (Å²) in [5.74, 6) is -0.465. The minimum atomic E-state index is -0.531. The average Bonchev–Trinajstić information content (AvgIpc) is 3.73. The fourth-order valence-electron chi connectivity index (χ4n) is 11.3. The Bertz CT molecular complexity index is 2760. The van der Waals surface area contributed by atoms with Crippen molar-refractivity contribution < 1.29 is 40.1 Å². The maximum Gasteiger partial charge on any atom is 0.200 e. The Labute approximate surface area is 374 Å². The summed E-state index contributed by atoms with van der Waals surface area (Å²) in [6.07, 6.45) is 7.31. The van der Waals surface area contributed by atoms with Gasteiger partial charge in [0.25, 0.3) is 0 Å². The van der Waals surface area contributed by atoms with E-state index < -0.39 is 21.7 Å². The Morgan fingerprint density at radius 3 is 1.25 bits per heavy atom. The van der Waals surface area contributed by atoms with Gasteiger partial charge in [0.1, 0.15) is 24.7 Å². The highest BCUT2D eigenvalue weighted by Crippen LogP contribution is 2.57. The number of hydrogen-bond donors (Lipinski definition) is 4. The number of benzene rings is 3. The lowest BCUT2D eigenvalue weighted by Crippen LogP contribution is -2.28. The normalized spacial score (nSPS) is 23.6. The lowest BCUT2D eigenvalue weighted by atomic mass is 9.75. The first-order chi connectivity index (χ1) is 30.0. The van der Waals surface area contributed by atoms with Crippen LogP contribution < -0.4 is 9.80 Å². The molecule has 0 saturated heterocycles. The van der Waals surface area contributed by atoms with Gasteiger partial charge in [0.05, 0.1) is 22.3 Å². The Morgan fingerprint density at radius 1 is 0.531 bits per heavy atom. The number of anilines is 2. The molecule has 0 unspecified atom stereocenters. The number of nitrogens with zero attached hydrogens (tertiary/aromatic N) is 2. The Morgan fingerprint density at radius 2 is 0.906 bits per heavy atom. The largest absolute Gasteiger partial charge is 0.506 e. The fourth-order valence-corrected chi connectivity index (χ4v) is 11.3. The van der Waals surface area contributed by atoms with E-state index in [9.17, 15) is 19.8 Å². The van der Waals surface area contributed by atoms with Crippen molar-refractivity contribution in [2.45, 2.75) is 104 Å². The van der Waals surface area contributed by atoms with Crippen LogP contribution in [-0.4, -0.2) is 46.4 Å². The van der Waals surface area contributed by atoms with Crippen LogP contribution in [0.15, 0.2) is 129 Å². The molecular formula is C54H56N2O8. The molecule has 64 heavy (non-hydrogen) atoms. The molecule has 3 aromatic rings. The zero-order valence-electron chi connectivity index (χ0n) is 38.7. The summed E-state index contributed by atoms with van der Waals surface area (Å²) in [5.41, 5.74) is 15.0. The van der Waals surface area contributed by atoms with Crippen molar-refractivity contribution in [3.63, 3.8) is 0 Å². The molecule has 6 aliphatic rings. The van der Waals surface area contributed by atoms with Crippen molar-refractivity contribution >= 4 is 34.1 Å². The van der Waals surface area contributed by atoms with Crippen LogP contribution in [0.5, 0.6) is 0 Å². The van der Waals surface area contributed by atoms with Crippen molar-refractivity contribution in [3.8, 4) is 0 Å². The SMILES string of the molecule is CC1=C(C=C2C(=O)C(C=C3N(C)c4cc5c(cc4C3(C)C)C(C)(C)C(=CC3=C(O)C(=CC4=C(C)c6ccc(COO)cc6C4(C)C)C3=O)N5C)=C2O)C(C)(C)c2cc(COO)ccc21. The standard InChI is InChI=1S/C54H56N2O8/c1-27-31-15-13-29(25-63-61)17-39(31)51(3,4)37(27)19-33-47(57)35(48(33)58)21-45-53(7,8)41-23-42-44(24-43(41)55(45)11)56(12)46(54(42,9)10)22-36-49(59)34(50(36)60)20-38-28(2)32-16-14-30(26-64-62)18-40(32)52(38,5)6/h13-24,57,59,61-62H,25-26H2,1-12H3. The van der Waals surface area contributed by atoms with Crippen LogP contribution in [0, 0.1) is 0 Å². The van der Waals surface area contributed by atoms with Gasteiger partial charge in [0.15, 0.2) is 0 Å². The molecule has 0 bridgehead atoms. The fraction of sp³-hybridized carbons (Fsp3) is 0.333. The van der Waals surface area contributed by atoms with Crippen molar-refractivity contribution in [1.29, 1.82) is 0 Å². The molecule has 330 valence electrons. The summed E-state index contributed by atoms with van der Waals surface area (Å²) >= 11 is 0. The van der Waals surface area contributed by atoms with Gasteiger partial charge < -0.3 is 20.0 Å². The summed E-state index contributed by atoms with van der Waals surface area (Å²) in [6, 6.07) is 16.3. The molecule has 0 saturated carbocycles. The van der Waals surface area contributed by atoms with Crippen LogP contribution in [-0.2, 0) is 54.2 Å². The van der Waals surface area contributed by atoms with Gasteiger partial charge in [-0.2, -0.15) is 0 Å². The Balaban J connectivity index is 0.999. The van der Waals surface area contributed by atoms with E-state index >= 15 is 0 Å². The first-order valence-electron chi connectivity index (χ1n) is 21.7. The number of aliphatic hydroxyl groups excluding tert-OH is 2. The summed E-state index contributed by atoms with van der Waals surface area (Å²) in [7, 11) is 3.96. The molecule has 4 N–H and O–H groups in total. The van der Waals surface area contributed by atoms with E-state index in [2.05, 4.69) is 87.1 Å². The molecule has 2 aliphatic heterocycles. The molecule has 0 amide bonds. The number of Topliss-reactive ketones (excluding diaryl/α,β-unsaturated/α-hetero) is 2. The molecule has 3 aromatic carbocycles. The van der Waals surface area contributed by atoms with Gasteiger partial charge in [-0.1, -0.05) is 91.8 Å². The van der Waals surface area contributed by atoms with Gasteiger partial charge in [0, 0.05) is 58.5 Å². The molecule has 9 rings (SSSR count). The summed E-state index contributed by atoms with van der Waals surface area (Å²) < 4.78 is 0. The number of hydrogen-bond acceptors (Lipinski definition) is 10. The minimum absolute atomic E-state index is 0.0226. The van der Waals surface area contributed by atoms with E-state index in [0.29, 0.717) is 0 Å². The predicted molar refractivity (Wildman–Crippen MR) is 250 cm³/mol. The number of allylic oxidation sites excluding steroid dienone is 14. The van der Waals surface area contributed by atoms with Crippen LogP contribution in [0.25, 0.3) is 11.1 Å². The number of ketones is 2. The molecule has 0 atom stereocenters. The van der Waals surface area contributed by atoms with Gasteiger partial charge in [0.2, 0.25) is 11.6 Å². The third-order valence-corrected chi connectivity index (χ3v) is 15.3. The van der Waals surface area contributed by atoms with Crippen LogP contribution in [0.4, 0.5) is 11.4 Å².